The maximum atomic E-state index is 8.93. The van der Waals surface area contributed by atoms with Gasteiger partial charge in [-0.15, -0.1) is 0 Å². The van der Waals surface area contributed by atoms with Crippen molar-refractivity contribution in [2.24, 2.45) is 5.41 Å². The predicted octanol–water partition coefficient (Wildman–Crippen LogP) is 2.53. The lowest BCUT2D eigenvalue weighted by Crippen LogP contribution is -2.48. The van der Waals surface area contributed by atoms with Crippen molar-refractivity contribution in [2.45, 2.75) is 64.5 Å². The van der Waals surface area contributed by atoms with Crippen LogP contribution in [0.3, 0.4) is 0 Å². The SMILES string of the molecule is CC(C)NCC1CCCCN1CC1(CC#N)CC1. The van der Waals surface area contributed by atoms with Crippen LogP contribution in [-0.4, -0.2) is 36.6 Å². The topological polar surface area (TPSA) is 39.1 Å². The van der Waals surface area contributed by atoms with E-state index in [9.17, 15) is 0 Å². The van der Waals surface area contributed by atoms with Crippen LogP contribution < -0.4 is 5.32 Å². The first-order valence-corrected chi connectivity index (χ1v) is 7.50. The van der Waals surface area contributed by atoms with Gasteiger partial charge in [-0.1, -0.05) is 20.3 Å². The van der Waals surface area contributed by atoms with E-state index in [0.717, 1.165) is 19.5 Å². The highest BCUT2D eigenvalue weighted by atomic mass is 15.2. The second-order valence-corrected chi connectivity index (χ2v) is 6.52. The zero-order chi connectivity index (χ0) is 13.0. The molecular formula is C15H27N3. The Bertz CT molecular complexity index is 301. The summed E-state index contributed by atoms with van der Waals surface area (Å²) in [5.74, 6) is 0. The third kappa shape index (κ3) is 3.70. The third-order valence-corrected chi connectivity index (χ3v) is 4.46. The Hall–Kier alpha value is -0.590. The van der Waals surface area contributed by atoms with Gasteiger partial charge in [-0.2, -0.15) is 5.26 Å². The van der Waals surface area contributed by atoms with Gasteiger partial charge in [-0.25, -0.2) is 0 Å². The molecule has 1 heterocycles. The van der Waals surface area contributed by atoms with E-state index in [-0.39, 0.29) is 0 Å². The van der Waals surface area contributed by atoms with E-state index in [2.05, 4.69) is 30.1 Å². The molecule has 18 heavy (non-hydrogen) atoms. The predicted molar refractivity (Wildman–Crippen MR) is 74.2 cm³/mol. The molecule has 0 radical (unpaired) electrons. The Kier molecular flexibility index (Phi) is 4.64. The summed E-state index contributed by atoms with van der Waals surface area (Å²) in [6.45, 7) is 7.93. The minimum atomic E-state index is 0.363. The van der Waals surface area contributed by atoms with Gasteiger partial charge in [-0.3, -0.25) is 4.90 Å². The maximum absolute atomic E-state index is 8.93. The number of nitrogens with one attached hydrogen (secondary N) is 1. The van der Waals surface area contributed by atoms with Crippen molar-refractivity contribution in [2.75, 3.05) is 19.6 Å². The fourth-order valence-corrected chi connectivity index (χ4v) is 3.04. The molecule has 1 saturated heterocycles. The molecule has 0 aromatic heterocycles. The number of rotatable bonds is 6. The molecule has 1 unspecified atom stereocenters. The Morgan fingerprint density at radius 3 is 2.78 bits per heavy atom. The number of piperidine rings is 1. The van der Waals surface area contributed by atoms with Crippen LogP contribution in [0.2, 0.25) is 0 Å². The Morgan fingerprint density at radius 1 is 1.39 bits per heavy atom. The lowest BCUT2D eigenvalue weighted by molar-refractivity contribution is 0.116. The van der Waals surface area contributed by atoms with Crippen LogP contribution in [0.5, 0.6) is 0 Å². The van der Waals surface area contributed by atoms with Crippen LogP contribution in [0.25, 0.3) is 0 Å². The average Bonchev–Trinajstić information content (AvgIpc) is 3.08. The lowest BCUT2D eigenvalue weighted by Gasteiger charge is -2.38. The van der Waals surface area contributed by atoms with E-state index in [1.54, 1.807) is 0 Å². The monoisotopic (exact) mass is 249 g/mol. The van der Waals surface area contributed by atoms with Crippen molar-refractivity contribution in [3.63, 3.8) is 0 Å². The van der Waals surface area contributed by atoms with E-state index in [0.29, 0.717) is 17.5 Å². The molecule has 102 valence electrons. The molecule has 2 aliphatic rings. The van der Waals surface area contributed by atoms with Crippen LogP contribution >= 0.6 is 0 Å². The van der Waals surface area contributed by atoms with Crippen molar-refractivity contribution in [3.8, 4) is 6.07 Å². The summed E-state index contributed by atoms with van der Waals surface area (Å²) in [4.78, 5) is 2.66. The molecule has 0 bridgehead atoms. The second-order valence-electron chi connectivity index (χ2n) is 6.52. The number of nitriles is 1. The fraction of sp³-hybridized carbons (Fsp3) is 0.933. The normalized spacial score (nSPS) is 27.1. The minimum Gasteiger partial charge on any atom is -0.313 e. The Labute approximate surface area is 112 Å². The first-order valence-electron chi connectivity index (χ1n) is 7.50. The van der Waals surface area contributed by atoms with Crippen LogP contribution in [0.4, 0.5) is 0 Å². The summed E-state index contributed by atoms with van der Waals surface area (Å²) in [5.41, 5.74) is 0.363. The highest BCUT2D eigenvalue weighted by molar-refractivity contribution is 5.02. The number of hydrogen-bond acceptors (Lipinski definition) is 3. The molecule has 3 heteroatoms. The van der Waals surface area contributed by atoms with Gasteiger partial charge in [0.1, 0.15) is 0 Å². The van der Waals surface area contributed by atoms with E-state index in [1.807, 2.05) is 0 Å². The summed E-state index contributed by atoms with van der Waals surface area (Å²) in [7, 11) is 0. The summed E-state index contributed by atoms with van der Waals surface area (Å²) < 4.78 is 0. The third-order valence-electron chi connectivity index (χ3n) is 4.46. The first kappa shape index (κ1) is 13.8. The molecule has 1 atom stereocenters. The zero-order valence-electron chi connectivity index (χ0n) is 11.9. The largest absolute Gasteiger partial charge is 0.313 e. The van der Waals surface area contributed by atoms with Crippen LogP contribution in [0.1, 0.15) is 52.4 Å². The maximum Gasteiger partial charge on any atom is 0.0628 e. The van der Waals surface area contributed by atoms with Gasteiger partial charge in [0.2, 0.25) is 0 Å². The molecule has 3 nitrogen and oxygen atoms in total. The summed E-state index contributed by atoms with van der Waals surface area (Å²) >= 11 is 0. The van der Waals surface area contributed by atoms with Gasteiger partial charge in [0.05, 0.1) is 6.07 Å². The smallest absolute Gasteiger partial charge is 0.0628 e. The zero-order valence-corrected chi connectivity index (χ0v) is 11.9. The van der Waals surface area contributed by atoms with Gasteiger partial charge in [0, 0.05) is 31.6 Å². The number of likely N-dealkylation sites (tertiary alicyclic amines) is 1. The molecule has 1 saturated carbocycles. The highest BCUT2D eigenvalue weighted by Crippen LogP contribution is 2.49. The summed E-state index contributed by atoms with van der Waals surface area (Å²) in [6, 6.07) is 3.65. The molecule has 1 aliphatic carbocycles. The average molecular weight is 249 g/mol. The molecule has 2 rings (SSSR count). The Balaban J connectivity index is 1.86. The summed E-state index contributed by atoms with van der Waals surface area (Å²) in [6.07, 6.45) is 7.31. The quantitative estimate of drug-likeness (QED) is 0.786. The van der Waals surface area contributed by atoms with Crippen LogP contribution in [-0.2, 0) is 0 Å². The molecule has 0 aromatic carbocycles. The van der Waals surface area contributed by atoms with Crippen molar-refractivity contribution in [3.05, 3.63) is 0 Å². The molecule has 0 amide bonds. The molecule has 2 fully saturated rings. The molecule has 1 N–H and O–H groups in total. The van der Waals surface area contributed by atoms with Crippen molar-refractivity contribution in [1.29, 1.82) is 5.26 Å². The van der Waals surface area contributed by atoms with Gasteiger partial charge in [0.15, 0.2) is 0 Å². The number of nitrogens with zero attached hydrogens (tertiary/aromatic N) is 2. The second kappa shape index (κ2) is 6.04. The minimum absolute atomic E-state index is 0.363. The molecular weight excluding hydrogens is 222 g/mol. The fourth-order valence-electron chi connectivity index (χ4n) is 3.04. The Morgan fingerprint density at radius 2 is 2.17 bits per heavy atom. The van der Waals surface area contributed by atoms with Crippen LogP contribution in [0, 0.1) is 16.7 Å². The van der Waals surface area contributed by atoms with E-state index < -0.39 is 0 Å². The molecule has 1 aliphatic heterocycles. The van der Waals surface area contributed by atoms with Gasteiger partial charge in [0.25, 0.3) is 0 Å². The summed E-state index contributed by atoms with van der Waals surface area (Å²) in [5, 5.41) is 12.5. The van der Waals surface area contributed by atoms with Crippen molar-refractivity contribution in [1.82, 2.24) is 10.2 Å². The van der Waals surface area contributed by atoms with Gasteiger partial charge < -0.3 is 5.32 Å². The van der Waals surface area contributed by atoms with Crippen molar-refractivity contribution < 1.29 is 0 Å². The molecule has 0 spiro atoms. The van der Waals surface area contributed by atoms with Gasteiger partial charge in [-0.05, 0) is 37.6 Å². The van der Waals surface area contributed by atoms with Gasteiger partial charge >= 0.3 is 0 Å². The lowest BCUT2D eigenvalue weighted by atomic mass is 9.96. The molecule has 0 aromatic rings. The van der Waals surface area contributed by atoms with E-state index in [1.165, 1.54) is 38.6 Å². The highest BCUT2D eigenvalue weighted by Gasteiger charge is 2.44. The first-order chi connectivity index (χ1) is 8.65. The van der Waals surface area contributed by atoms with E-state index >= 15 is 0 Å². The van der Waals surface area contributed by atoms with Crippen LogP contribution in [0.15, 0.2) is 0 Å². The number of hydrogen-bond donors (Lipinski definition) is 1. The standard InChI is InChI=1S/C15H27N3/c1-13(2)17-11-14-5-3-4-10-18(14)12-15(6-7-15)8-9-16/h13-14,17H,3-8,10-12H2,1-2H3. The van der Waals surface area contributed by atoms with Crippen molar-refractivity contribution >= 4 is 0 Å². The van der Waals surface area contributed by atoms with E-state index in [4.69, 9.17) is 5.26 Å².